The number of nitrogens with one attached hydrogen (secondary N) is 1. The maximum Gasteiger partial charge on any atom is 0.414 e. The van der Waals surface area contributed by atoms with Gasteiger partial charge in [-0.2, -0.15) is 0 Å². The number of nitrogens with two attached hydrogens (primary N) is 1. The second-order valence-electron chi connectivity index (χ2n) is 7.34. The third-order valence-electron chi connectivity index (χ3n) is 5.31. The van der Waals surface area contributed by atoms with E-state index in [2.05, 4.69) is 10.2 Å². The van der Waals surface area contributed by atoms with Crippen molar-refractivity contribution < 1.29 is 18.8 Å². The summed E-state index contributed by atoms with van der Waals surface area (Å²) in [4.78, 5) is 28.0. The van der Waals surface area contributed by atoms with Crippen molar-refractivity contribution in [2.75, 3.05) is 54.0 Å². The molecule has 4 rings (SSSR count). The van der Waals surface area contributed by atoms with Crippen LogP contribution in [0.25, 0.3) is 0 Å². The zero-order valence-corrected chi connectivity index (χ0v) is 18.5. The van der Waals surface area contributed by atoms with Gasteiger partial charge in [-0.05, 0) is 47.8 Å². The van der Waals surface area contributed by atoms with E-state index >= 15 is 0 Å². The molecule has 1 amide bonds. The molecule has 2 aromatic rings. The minimum Gasteiger partial charge on any atom is -0.442 e. The molecule has 3 N–H and O–H groups in total. The van der Waals surface area contributed by atoms with Crippen molar-refractivity contribution >= 4 is 56.1 Å². The number of hydrogen-bond donors (Lipinski definition) is 2. The van der Waals surface area contributed by atoms with Gasteiger partial charge in [0.1, 0.15) is 11.9 Å². The fraction of sp³-hybridized carbons (Fsp3) is 0.368. The summed E-state index contributed by atoms with van der Waals surface area (Å²) in [5.41, 5.74) is 6.26. The number of amides is 1. The van der Waals surface area contributed by atoms with Crippen molar-refractivity contribution in [2.45, 2.75) is 6.10 Å². The van der Waals surface area contributed by atoms with Crippen LogP contribution in [-0.2, 0) is 4.74 Å². The molecule has 2 aliphatic heterocycles. The molecule has 0 saturated carbocycles. The number of hydrogen-bond acceptors (Lipinski definition) is 8. The number of cyclic esters (lactones) is 1. The summed E-state index contributed by atoms with van der Waals surface area (Å²) in [6.45, 7) is 2.93. The summed E-state index contributed by atoms with van der Waals surface area (Å²) < 4.78 is 20.2. The van der Waals surface area contributed by atoms with Gasteiger partial charge in [-0.15, -0.1) is 0 Å². The third kappa shape index (κ3) is 4.67. The highest BCUT2D eigenvalue weighted by Gasteiger charge is 2.33. The van der Waals surface area contributed by atoms with Gasteiger partial charge in [0.2, 0.25) is 0 Å². The molecule has 1 atom stereocenters. The minimum absolute atomic E-state index is 0.105. The largest absolute Gasteiger partial charge is 0.442 e. The van der Waals surface area contributed by atoms with Crippen molar-refractivity contribution in [1.29, 1.82) is 0 Å². The number of ether oxygens (including phenoxy) is 1. The number of benzene rings is 1. The highest BCUT2D eigenvalue weighted by Crippen LogP contribution is 2.33. The molecular formula is C19H21FN6O4S2. The van der Waals surface area contributed by atoms with Crippen molar-refractivity contribution in [1.82, 2.24) is 5.32 Å². The van der Waals surface area contributed by atoms with Crippen LogP contribution in [0, 0.1) is 15.9 Å². The van der Waals surface area contributed by atoms with Crippen LogP contribution in [0.15, 0.2) is 30.3 Å². The van der Waals surface area contributed by atoms with Gasteiger partial charge >= 0.3 is 11.1 Å². The number of halogens is 1. The molecule has 0 unspecified atom stereocenters. The van der Waals surface area contributed by atoms with Crippen LogP contribution in [0.1, 0.15) is 0 Å². The molecule has 1 aromatic carbocycles. The highest BCUT2D eigenvalue weighted by molar-refractivity contribution is 7.80. The fourth-order valence-electron chi connectivity index (χ4n) is 3.73. The van der Waals surface area contributed by atoms with Crippen LogP contribution >= 0.6 is 23.6 Å². The van der Waals surface area contributed by atoms with Crippen LogP contribution < -0.4 is 25.8 Å². The van der Waals surface area contributed by atoms with Crippen molar-refractivity contribution in [3.05, 3.63) is 46.3 Å². The number of nitro groups is 1. The lowest BCUT2D eigenvalue weighted by Crippen LogP contribution is -2.46. The molecule has 0 bridgehead atoms. The Morgan fingerprint density at radius 2 is 2.00 bits per heavy atom. The average Bonchev–Trinajstić information content (AvgIpc) is 3.39. The van der Waals surface area contributed by atoms with Crippen LogP contribution in [-0.4, -0.2) is 61.5 Å². The van der Waals surface area contributed by atoms with Crippen LogP contribution in [0.4, 0.5) is 30.6 Å². The van der Waals surface area contributed by atoms with E-state index in [1.807, 2.05) is 4.90 Å². The third-order valence-corrected chi connectivity index (χ3v) is 6.55. The van der Waals surface area contributed by atoms with Crippen LogP contribution in [0.3, 0.4) is 0 Å². The van der Waals surface area contributed by atoms with Gasteiger partial charge < -0.3 is 25.6 Å². The summed E-state index contributed by atoms with van der Waals surface area (Å²) in [6, 6.07) is 7.92. The fourth-order valence-corrected chi connectivity index (χ4v) is 4.68. The van der Waals surface area contributed by atoms with Gasteiger partial charge in [-0.25, -0.2) is 9.18 Å². The molecule has 170 valence electrons. The second kappa shape index (κ2) is 9.12. The molecule has 32 heavy (non-hydrogen) atoms. The van der Waals surface area contributed by atoms with E-state index in [1.54, 1.807) is 18.2 Å². The molecule has 0 spiro atoms. The first-order chi connectivity index (χ1) is 15.3. The molecule has 13 heteroatoms. The summed E-state index contributed by atoms with van der Waals surface area (Å²) in [5, 5.41) is 14.7. The van der Waals surface area contributed by atoms with E-state index in [9.17, 15) is 19.3 Å². The number of piperazine rings is 1. The SMILES string of the molecule is NC(=S)NC[C@H]1CN(c2ccc(N3CCN(c4ccc([N+](=O)[O-])s4)CC3)c(F)c2)C(=O)O1. The molecule has 10 nitrogen and oxygen atoms in total. The standard InChI is InChI=1S/C19H21FN6O4S2/c20-14-9-12(25-11-13(30-19(25)27)10-22-18(21)31)1-2-15(14)23-5-7-24(8-6-23)16-3-4-17(32-16)26(28)29/h1-4,9,13H,5-8,10-11H2,(H3,21,22,31)/t13-/m0/s1. The van der Waals surface area contributed by atoms with Gasteiger partial charge in [0.25, 0.3) is 0 Å². The molecule has 2 aliphatic rings. The van der Waals surface area contributed by atoms with Gasteiger partial charge in [-0.1, -0.05) is 0 Å². The Kier molecular flexibility index (Phi) is 6.28. The predicted molar refractivity (Wildman–Crippen MR) is 124 cm³/mol. The lowest BCUT2D eigenvalue weighted by molar-refractivity contribution is -0.380. The summed E-state index contributed by atoms with van der Waals surface area (Å²) in [7, 11) is 0. The molecular weight excluding hydrogens is 459 g/mol. The van der Waals surface area contributed by atoms with Crippen LogP contribution in [0.2, 0.25) is 0 Å². The zero-order valence-electron chi connectivity index (χ0n) is 16.9. The van der Waals surface area contributed by atoms with E-state index in [0.29, 0.717) is 37.6 Å². The topological polar surface area (TPSA) is 117 Å². The Morgan fingerprint density at radius 1 is 1.28 bits per heavy atom. The quantitative estimate of drug-likeness (QED) is 0.365. The highest BCUT2D eigenvalue weighted by atomic mass is 32.1. The van der Waals surface area contributed by atoms with E-state index < -0.39 is 22.9 Å². The molecule has 3 heterocycles. The maximum absolute atomic E-state index is 14.9. The van der Waals surface area contributed by atoms with Gasteiger partial charge in [-0.3, -0.25) is 15.0 Å². The Morgan fingerprint density at radius 3 is 2.62 bits per heavy atom. The Hall–Kier alpha value is -3.19. The minimum atomic E-state index is -0.550. The summed E-state index contributed by atoms with van der Waals surface area (Å²) in [6.07, 6.45) is -0.988. The average molecular weight is 481 g/mol. The van der Waals surface area contributed by atoms with E-state index in [1.165, 1.54) is 17.0 Å². The van der Waals surface area contributed by atoms with Crippen molar-refractivity contribution in [3.63, 3.8) is 0 Å². The lowest BCUT2D eigenvalue weighted by atomic mass is 10.2. The molecule has 2 saturated heterocycles. The smallest absolute Gasteiger partial charge is 0.414 e. The lowest BCUT2D eigenvalue weighted by Gasteiger charge is -2.36. The van der Waals surface area contributed by atoms with Crippen LogP contribution in [0.5, 0.6) is 0 Å². The number of thiocarbonyl (C=S) groups is 1. The number of anilines is 3. The molecule has 0 aliphatic carbocycles. The van der Waals surface area contributed by atoms with Crippen molar-refractivity contribution in [2.24, 2.45) is 5.73 Å². The predicted octanol–water partition coefficient (Wildman–Crippen LogP) is 2.28. The monoisotopic (exact) mass is 480 g/mol. The van der Waals surface area contributed by atoms with E-state index in [4.69, 9.17) is 22.7 Å². The number of carbonyl (C=O) groups excluding carboxylic acids is 1. The van der Waals surface area contributed by atoms with Gasteiger partial charge in [0.05, 0.1) is 34.4 Å². The first kappa shape index (κ1) is 22.0. The number of rotatable bonds is 6. The molecule has 2 fully saturated rings. The van der Waals surface area contributed by atoms with E-state index in [0.717, 1.165) is 16.3 Å². The Balaban J connectivity index is 1.38. The maximum atomic E-state index is 14.9. The number of thiophene rings is 1. The summed E-state index contributed by atoms with van der Waals surface area (Å²) >= 11 is 5.89. The number of carbonyl (C=O) groups is 1. The summed E-state index contributed by atoms with van der Waals surface area (Å²) in [5.74, 6) is -0.430. The Labute approximate surface area is 192 Å². The van der Waals surface area contributed by atoms with Gasteiger partial charge in [0.15, 0.2) is 5.11 Å². The van der Waals surface area contributed by atoms with Crippen molar-refractivity contribution in [3.8, 4) is 0 Å². The first-order valence-corrected chi connectivity index (χ1v) is 11.1. The first-order valence-electron chi connectivity index (χ1n) is 9.87. The van der Waals surface area contributed by atoms with E-state index in [-0.39, 0.29) is 23.2 Å². The molecule has 0 radical (unpaired) electrons. The normalized spacial score (nSPS) is 18.6. The Bertz CT molecular complexity index is 1040. The zero-order chi connectivity index (χ0) is 22.8. The van der Waals surface area contributed by atoms with Gasteiger partial charge in [0, 0.05) is 32.2 Å². The molecule has 1 aromatic heterocycles. The second-order valence-corrected chi connectivity index (χ2v) is 8.82. The number of nitrogens with zero attached hydrogens (tertiary/aromatic N) is 4.